The molecule has 0 bridgehead atoms. The number of halogens is 5. The van der Waals surface area contributed by atoms with Crippen LogP contribution in [0.2, 0.25) is 0 Å². The van der Waals surface area contributed by atoms with Crippen LogP contribution in [0.25, 0.3) is 0 Å². The highest BCUT2D eigenvalue weighted by molar-refractivity contribution is 7.13. The summed E-state index contributed by atoms with van der Waals surface area (Å²) in [5, 5.41) is 5.31. The fourth-order valence-corrected chi connectivity index (χ4v) is 2.53. The Morgan fingerprint density at radius 2 is 2.04 bits per heavy atom. The summed E-state index contributed by atoms with van der Waals surface area (Å²) in [5.74, 6) is -3.50. The fourth-order valence-electron chi connectivity index (χ4n) is 1.87. The number of alkyl halides is 3. The molecule has 11 heteroatoms. The van der Waals surface area contributed by atoms with Gasteiger partial charge in [-0.25, -0.2) is 13.8 Å². The summed E-state index contributed by atoms with van der Waals surface area (Å²) in [6.07, 6.45) is -4.22. The van der Waals surface area contributed by atoms with Crippen molar-refractivity contribution in [1.29, 1.82) is 0 Å². The van der Waals surface area contributed by atoms with Crippen molar-refractivity contribution in [2.45, 2.75) is 19.5 Å². The third-order valence-corrected chi connectivity index (χ3v) is 3.74. The van der Waals surface area contributed by atoms with Gasteiger partial charge in [0.1, 0.15) is 0 Å². The quantitative estimate of drug-likeness (QED) is 0.349. The first kappa shape index (κ1) is 19.8. The third-order valence-electron chi connectivity index (χ3n) is 2.94. The van der Waals surface area contributed by atoms with Crippen LogP contribution in [-0.4, -0.2) is 23.8 Å². The zero-order valence-corrected chi connectivity index (χ0v) is 14.0. The van der Waals surface area contributed by atoms with Gasteiger partial charge >= 0.3 is 12.1 Å². The van der Waals surface area contributed by atoms with Gasteiger partial charge in [-0.1, -0.05) is 0 Å². The molecule has 140 valence electrons. The molecule has 5 nitrogen and oxygen atoms in total. The van der Waals surface area contributed by atoms with Gasteiger partial charge in [0.25, 0.3) is 0 Å². The number of anilines is 1. The van der Waals surface area contributed by atoms with E-state index in [1.807, 2.05) is 0 Å². The van der Waals surface area contributed by atoms with Gasteiger partial charge in [-0.15, -0.1) is 11.3 Å². The van der Waals surface area contributed by atoms with Gasteiger partial charge in [0.15, 0.2) is 11.6 Å². The average molecular weight is 393 g/mol. The first-order valence-electron chi connectivity index (χ1n) is 7.16. The highest BCUT2D eigenvalue weighted by atomic mass is 32.1. The largest absolute Gasteiger partial charge is 0.466 e. The first-order chi connectivity index (χ1) is 12.2. The molecule has 1 heterocycles. The smallest absolute Gasteiger partial charge is 0.417 e. The Morgan fingerprint density at radius 3 is 2.69 bits per heavy atom. The van der Waals surface area contributed by atoms with Crippen LogP contribution in [-0.2, 0) is 22.1 Å². The summed E-state index contributed by atoms with van der Waals surface area (Å²) in [6, 6.07) is 0.467. The molecule has 0 amide bonds. The number of carbonyl (C=O) groups is 1. The zero-order valence-electron chi connectivity index (χ0n) is 13.2. The van der Waals surface area contributed by atoms with Gasteiger partial charge in [0.2, 0.25) is 5.13 Å². The molecule has 1 aromatic heterocycles. The monoisotopic (exact) mass is 393 g/mol. The van der Waals surface area contributed by atoms with Crippen molar-refractivity contribution in [3.8, 4) is 0 Å². The number of carbonyl (C=O) groups excluding carboxylic acids is 1. The maximum atomic E-state index is 13.2. The van der Waals surface area contributed by atoms with E-state index < -0.39 is 34.9 Å². The van der Waals surface area contributed by atoms with Gasteiger partial charge < -0.3 is 4.74 Å². The molecule has 0 radical (unpaired) electrons. The minimum atomic E-state index is -4.87. The summed E-state index contributed by atoms with van der Waals surface area (Å²) in [6.45, 7) is 1.89. The van der Waals surface area contributed by atoms with E-state index in [4.69, 9.17) is 4.74 Å². The van der Waals surface area contributed by atoms with Gasteiger partial charge in [0.05, 0.1) is 30.5 Å². The minimum absolute atomic E-state index is 0.0584. The van der Waals surface area contributed by atoms with Crippen molar-refractivity contribution < 1.29 is 31.5 Å². The average Bonchev–Trinajstić information content (AvgIpc) is 2.97. The van der Waals surface area contributed by atoms with E-state index in [1.165, 1.54) is 0 Å². The number of nitrogens with one attached hydrogen (secondary N) is 1. The number of hydrogen-bond acceptors (Lipinski definition) is 6. The van der Waals surface area contributed by atoms with E-state index in [2.05, 4.69) is 15.5 Å². The predicted octanol–water partition coefficient (Wildman–Crippen LogP) is 3.99. The van der Waals surface area contributed by atoms with Crippen molar-refractivity contribution in [2.75, 3.05) is 12.0 Å². The summed E-state index contributed by atoms with van der Waals surface area (Å²) in [4.78, 5) is 15.3. The van der Waals surface area contributed by atoms with E-state index in [-0.39, 0.29) is 24.2 Å². The molecule has 0 saturated heterocycles. The van der Waals surface area contributed by atoms with Gasteiger partial charge in [-0.3, -0.25) is 10.2 Å². The Kier molecular flexibility index (Phi) is 6.24. The van der Waals surface area contributed by atoms with Crippen LogP contribution in [0, 0.1) is 11.6 Å². The normalized spacial score (nSPS) is 11.8. The van der Waals surface area contributed by atoms with E-state index in [9.17, 15) is 26.7 Å². The molecule has 0 spiro atoms. The minimum Gasteiger partial charge on any atom is -0.466 e. The topological polar surface area (TPSA) is 63.6 Å². The molecule has 0 aliphatic carbocycles. The number of esters is 1. The van der Waals surface area contributed by atoms with E-state index >= 15 is 0 Å². The second-order valence-corrected chi connectivity index (χ2v) is 5.71. The first-order valence-corrected chi connectivity index (χ1v) is 8.04. The van der Waals surface area contributed by atoms with E-state index in [0.29, 0.717) is 18.0 Å². The number of benzene rings is 1. The maximum absolute atomic E-state index is 13.2. The zero-order chi connectivity index (χ0) is 19.3. The van der Waals surface area contributed by atoms with Crippen LogP contribution in [0.15, 0.2) is 22.6 Å². The maximum Gasteiger partial charge on any atom is 0.417 e. The molecular weight excluding hydrogens is 381 g/mol. The van der Waals surface area contributed by atoms with Gasteiger partial charge in [-0.2, -0.15) is 18.3 Å². The Morgan fingerprint density at radius 1 is 1.35 bits per heavy atom. The van der Waals surface area contributed by atoms with Crippen LogP contribution < -0.4 is 5.43 Å². The Balaban J connectivity index is 2.11. The molecule has 0 fully saturated rings. The van der Waals surface area contributed by atoms with Gasteiger partial charge in [-0.05, 0) is 19.1 Å². The van der Waals surface area contributed by atoms with Crippen molar-refractivity contribution in [3.05, 3.63) is 46.0 Å². The molecular formula is C15H12F5N3O2S. The van der Waals surface area contributed by atoms with Crippen molar-refractivity contribution in [3.63, 3.8) is 0 Å². The number of ether oxygens (including phenoxy) is 1. The number of thiazole rings is 1. The Hall–Kier alpha value is -2.56. The second kappa shape index (κ2) is 8.21. The molecule has 26 heavy (non-hydrogen) atoms. The molecule has 0 saturated carbocycles. The molecule has 2 aromatic rings. The van der Waals surface area contributed by atoms with E-state index in [0.717, 1.165) is 11.3 Å². The molecule has 0 aliphatic heterocycles. The lowest BCUT2D eigenvalue weighted by atomic mass is 10.1. The molecule has 0 atom stereocenters. The lowest BCUT2D eigenvalue weighted by molar-refractivity contribution is -0.142. The van der Waals surface area contributed by atoms with Gasteiger partial charge in [0, 0.05) is 10.9 Å². The second-order valence-electron chi connectivity index (χ2n) is 4.85. The number of aromatic nitrogens is 1. The van der Waals surface area contributed by atoms with Crippen LogP contribution in [0.1, 0.15) is 23.7 Å². The SMILES string of the molecule is CCOC(=O)Cc1csc(NN=Cc2cc(F)c(F)cc2C(F)(F)F)n1. The number of hydrogen-bond donors (Lipinski definition) is 1. The van der Waals surface area contributed by atoms with Crippen LogP contribution in [0.5, 0.6) is 0 Å². The van der Waals surface area contributed by atoms with Crippen LogP contribution in [0.4, 0.5) is 27.1 Å². The van der Waals surface area contributed by atoms with Crippen LogP contribution >= 0.6 is 11.3 Å². The summed E-state index contributed by atoms with van der Waals surface area (Å²) in [7, 11) is 0. The number of rotatable bonds is 6. The van der Waals surface area contributed by atoms with E-state index in [1.54, 1.807) is 12.3 Å². The Labute approximate surface area is 148 Å². The van der Waals surface area contributed by atoms with Crippen molar-refractivity contribution >= 4 is 28.7 Å². The Bertz CT molecular complexity index is 820. The number of nitrogens with zero attached hydrogens (tertiary/aromatic N) is 2. The highest BCUT2D eigenvalue weighted by Gasteiger charge is 2.34. The predicted molar refractivity (Wildman–Crippen MR) is 85.0 cm³/mol. The fraction of sp³-hybridized carbons (Fsp3) is 0.267. The van der Waals surface area contributed by atoms with Crippen molar-refractivity contribution in [2.24, 2.45) is 5.10 Å². The lowest BCUT2D eigenvalue weighted by Gasteiger charge is -2.10. The standard InChI is InChI=1S/C15H12F5N3O2S/c1-2-25-13(24)4-9-7-26-14(22-9)23-21-6-8-3-11(16)12(17)5-10(8)15(18,19)20/h3,5-7H,2,4H2,1H3,(H,22,23). The summed E-state index contributed by atoms with van der Waals surface area (Å²) >= 11 is 1.06. The summed E-state index contributed by atoms with van der Waals surface area (Å²) in [5.41, 5.74) is 0.767. The lowest BCUT2D eigenvalue weighted by Crippen LogP contribution is -2.11. The van der Waals surface area contributed by atoms with Crippen molar-refractivity contribution in [1.82, 2.24) is 4.98 Å². The number of hydrazone groups is 1. The molecule has 1 N–H and O–H groups in total. The van der Waals surface area contributed by atoms with Crippen LogP contribution in [0.3, 0.4) is 0 Å². The molecule has 0 unspecified atom stereocenters. The molecule has 0 aliphatic rings. The summed E-state index contributed by atoms with van der Waals surface area (Å²) < 4.78 is 69.6. The third kappa shape index (κ3) is 5.22. The highest BCUT2D eigenvalue weighted by Crippen LogP contribution is 2.32. The molecule has 1 aromatic carbocycles. The molecule has 2 rings (SSSR count).